The van der Waals surface area contributed by atoms with E-state index >= 15 is 0 Å². The van der Waals surface area contributed by atoms with Gasteiger partial charge in [0, 0.05) is 12.7 Å². The van der Waals surface area contributed by atoms with E-state index in [4.69, 9.17) is 0 Å². The van der Waals surface area contributed by atoms with Crippen LogP contribution in [0.5, 0.6) is 0 Å². The van der Waals surface area contributed by atoms with Crippen LogP contribution in [0.15, 0.2) is 0 Å². The summed E-state index contributed by atoms with van der Waals surface area (Å²) in [5.41, 5.74) is -1.91. The molecule has 0 fully saturated rings. The van der Waals surface area contributed by atoms with Gasteiger partial charge in [-0.1, -0.05) is 0 Å². The third kappa shape index (κ3) is 5.99. The summed E-state index contributed by atoms with van der Waals surface area (Å²) in [4.78, 5) is 0. The molecule has 0 saturated carbocycles. The summed E-state index contributed by atoms with van der Waals surface area (Å²) >= 11 is 3.78. The van der Waals surface area contributed by atoms with Crippen molar-refractivity contribution in [3.63, 3.8) is 0 Å². The average molecular weight is 222 g/mol. The first-order valence-electron chi connectivity index (χ1n) is 3.25. The molecule has 0 aromatic rings. The molecule has 0 aromatic heterocycles. The second kappa shape index (κ2) is 5.21. The molecule has 0 N–H and O–H groups in total. The van der Waals surface area contributed by atoms with Gasteiger partial charge < -0.3 is 0 Å². The minimum atomic E-state index is -2.95. The zero-order valence-corrected chi connectivity index (χ0v) is 8.15. The van der Waals surface area contributed by atoms with Crippen LogP contribution in [0.2, 0.25) is 0 Å². The van der Waals surface area contributed by atoms with E-state index in [0.29, 0.717) is 6.92 Å². The molecule has 2 atom stereocenters. The molecular weight excluding hydrogens is 212 g/mol. The van der Waals surface area contributed by atoms with E-state index in [1.165, 1.54) is 0 Å². The molecule has 0 aliphatic carbocycles. The number of thioether (sulfide) groups is 1. The number of thiol groups is 1. The van der Waals surface area contributed by atoms with Crippen LogP contribution in [0.3, 0.4) is 0 Å². The molecule has 0 aliphatic rings. The van der Waals surface area contributed by atoms with E-state index in [1.54, 1.807) is 0 Å². The van der Waals surface area contributed by atoms with E-state index in [1.807, 2.05) is 0 Å². The minimum absolute atomic E-state index is 0.275. The highest BCUT2D eigenvalue weighted by Crippen LogP contribution is 2.26. The van der Waals surface area contributed by atoms with Crippen LogP contribution in [0.4, 0.5) is 17.6 Å². The number of hydrogen-bond donors (Lipinski definition) is 1. The molecule has 74 valence electrons. The van der Waals surface area contributed by atoms with Gasteiger partial charge in [-0.15, -0.1) is 11.8 Å². The van der Waals surface area contributed by atoms with E-state index in [0.717, 1.165) is 0 Å². The Labute approximate surface area is 78.5 Å². The molecule has 12 heavy (non-hydrogen) atoms. The van der Waals surface area contributed by atoms with Crippen molar-refractivity contribution in [2.45, 2.75) is 24.5 Å². The fourth-order valence-electron chi connectivity index (χ4n) is 0.413. The van der Waals surface area contributed by atoms with Gasteiger partial charge in [0.05, 0.1) is 5.75 Å². The lowest BCUT2D eigenvalue weighted by Gasteiger charge is -2.14. The maximum Gasteiger partial charge on any atom is 0.254 e. The molecule has 2 unspecified atom stereocenters. The predicted octanol–water partition coefficient (Wildman–Crippen LogP) is 2.94. The molecule has 0 amide bonds. The highest BCUT2D eigenvalue weighted by molar-refractivity contribution is 7.99. The molecule has 0 nitrogen and oxygen atoms in total. The van der Waals surface area contributed by atoms with Crippen molar-refractivity contribution in [2.24, 2.45) is 0 Å². The SMILES string of the molecule is CC(F)(F)CSC(F)C(F)CS. The molecule has 0 aromatic carbocycles. The zero-order valence-electron chi connectivity index (χ0n) is 6.44. The lowest BCUT2D eigenvalue weighted by atomic mass is 10.5. The van der Waals surface area contributed by atoms with Gasteiger partial charge >= 0.3 is 0 Å². The summed E-state index contributed by atoms with van der Waals surface area (Å²) in [6, 6.07) is 0. The first-order valence-corrected chi connectivity index (χ1v) is 4.93. The van der Waals surface area contributed by atoms with Crippen molar-refractivity contribution in [1.29, 1.82) is 0 Å². The van der Waals surface area contributed by atoms with Crippen LogP contribution < -0.4 is 0 Å². The zero-order chi connectivity index (χ0) is 9.78. The highest BCUT2D eigenvalue weighted by atomic mass is 32.2. The Balaban J connectivity index is 3.64. The van der Waals surface area contributed by atoms with E-state index in [-0.39, 0.29) is 17.5 Å². The van der Waals surface area contributed by atoms with Crippen LogP contribution in [0.25, 0.3) is 0 Å². The lowest BCUT2D eigenvalue weighted by molar-refractivity contribution is 0.0487. The smallest absolute Gasteiger partial charge is 0.242 e. The lowest BCUT2D eigenvalue weighted by Crippen LogP contribution is -2.21. The third-order valence-corrected chi connectivity index (χ3v) is 2.59. The summed E-state index contributed by atoms with van der Waals surface area (Å²) in [7, 11) is 0. The number of rotatable bonds is 5. The largest absolute Gasteiger partial charge is 0.254 e. The minimum Gasteiger partial charge on any atom is -0.242 e. The van der Waals surface area contributed by atoms with Crippen LogP contribution in [0, 0.1) is 0 Å². The first-order chi connectivity index (χ1) is 5.37. The van der Waals surface area contributed by atoms with Crippen molar-refractivity contribution < 1.29 is 17.6 Å². The van der Waals surface area contributed by atoms with Crippen LogP contribution in [-0.2, 0) is 0 Å². The monoisotopic (exact) mass is 222 g/mol. The molecule has 0 bridgehead atoms. The van der Waals surface area contributed by atoms with Gasteiger partial charge in [-0.2, -0.15) is 12.6 Å². The van der Waals surface area contributed by atoms with E-state index < -0.39 is 23.4 Å². The Morgan fingerprint density at radius 1 is 1.42 bits per heavy atom. The molecule has 6 heteroatoms. The van der Waals surface area contributed by atoms with Crippen LogP contribution in [0.1, 0.15) is 6.92 Å². The standard InChI is InChI=1S/C6H10F4S2/c1-6(9,10)3-12-5(8)4(7)2-11/h4-5,11H,2-3H2,1H3. The predicted molar refractivity (Wildman–Crippen MR) is 46.7 cm³/mol. The van der Waals surface area contributed by atoms with Gasteiger partial charge in [-0.25, -0.2) is 17.6 Å². The fraction of sp³-hybridized carbons (Fsp3) is 1.00. The second-order valence-corrected chi connectivity index (χ2v) is 3.87. The molecule has 0 spiro atoms. The van der Waals surface area contributed by atoms with Crippen LogP contribution in [-0.4, -0.2) is 29.1 Å². The number of halogens is 4. The van der Waals surface area contributed by atoms with Gasteiger partial charge in [0.1, 0.15) is 6.17 Å². The molecule has 0 aliphatic heterocycles. The summed E-state index contributed by atoms with van der Waals surface area (Å²) < 4.78 is 49.2. The summed E-state index contributed by atoms with van der Waals surface area (Å²) in [6.07, 6.45) is -1.78. The van der Waals surface area contributed by atoms with Crippen LogP contribution >= 0.6 is 24.4 Å². The van der Waals surface area contributed by atoms with Crippen molar-refractivity contribution in [2.75, 3.05) is 11.5 Å². The Hall–Kier alpha value is 0.420. The molecule has 0 heterocycles. The van der Waals surface area contributed by atoms with Crippen molar-refractivity contribution in [1.82, 2.24) is 0 Å². The summed E-state index contributed by atoms with van der Waals surface area (Å²) in [5, 5.41) is 0. The Bertz CT molecular complexity index is 125. The number of hydrogen-bond acceptors (Lipinski definition) is 2. The van der Waals surface area contributed by atoms with Gasteiger partial charge in [-0.05, 0) is 0 Å². The Morgan fingerprint density at radius 3 is 2.25 bits per heavy atom. The summed E-state index contributed by atoms with van der Waals surface area (Å²) in [5.74, 6) is -3.95. The van der Waals surface area contributed by atoms with Gasteiger partial charge in [0.2, 0.25) is 0 Å². The number of alkyl halides is 4. The van der Waals surface area contributed by atoms with Crippen molar-refractivity contribution >= 4 is 24.4 Å². The van der Waals surface area contributed by atoms with Crippen molar-refractivity contribution in [3.8, 4) is 0 Å². The first kappa shape index (κ1) is 12.4. The molecular formula is C6H10F4S2. The third-order valence-electron chi connectivity index (χ3n) is 0.955. The van der Waals surface area contributed by atoms with E-state index in [2.05, 4.69) is 12.6 Å². The maximum absolute atomic E-state index is 12.5. The Kier molecular flexibility index (Phi) is 5.40. The highest BCUT2D eigenvalue weighted by Gasteiger charge is 2.27. The van der Waals surface area contributed by atoms with E-state index in [9.17, 15) is 17.6 Å². The topological polar surface area (TPSA) is 0 Å². The maximum atomic E-state index is 12.5. The quantitative estimate of drug-likeness (QED) is 0.551. The second-order valence-electron chi connectivity index (χ2n) is 2.43. The summed E-state index contributed by atoms with van der Waals surface area (Å²) in [6.45, 7) is 0.667. The molecule has 0 rings (SSSR count). The van der Waals surface area contributed by atoms with Gasteiger partial charge in [0.15, 0.2) is 5.50 Å². The fourth-order valence-corrected chi connectivity index (χ4v) is 1.50. The van der Waals surface area contributed by atoms with Crippen molar-refractivity contribution in [3.05, 3.63) is 0 Å². The average Bonchev–Trinajstić information content (AvgIpc) is 1.97. The molecule has 0 radical (unpaired) electrons. The Morgan fingerprint density at radius 2 is 1.92 bits per heavy atom. The van der Waals surface area contributed by atoms with Gasteiger partial charge in [0.25, 0.3) is 5.92 Å². The molecule has 0 saturated heterocycles. The van der Waals surface area contributed by atoms with Gasteiger partial charge in [-0.3, -0.25) is 0 Å². The normalized spacial score (nSPS) is 17.5.